The van der Waals surface area contributed by atoms with E-state index in [0.29, 0.717) is 6.61 Å². The number of methoxy groups -OCH3 is 2. The minimum Gasteiger partial charge on any atom is -0.496 e. The molecular weight excluding hydrogens is 400 g/mol. The molecular formula is C27H32N2O3. The van der Waals surface area contributed by atoms with Gasteiger partial charge in [-0.25, -0.2) is 0 Å². The van der Waals surface area contributed by atoms with Gasteiger partial charge in [-0.05, 0) is 42.3 Å². The van der Waals surface area contributed by atoms with Crippen molar-refractivity contribution in [2.75, 3.05) is 40.4 Å². The highest BCUT2D eigenvalue weighted by molar-refractivity contribution is 5.48. The summed E-state index contributed by atoms with van der Waals surface area (Å²) < 4.78 is 17.6. The third-order valence-corrected chi connectivity index (χ3v) is 5.91. The maximum atomic E-state index is 6.09. The SMILES string of the molecule is COc1cc(C(c2ccccc2OC)N2CCCNCC2)ccc1OCc1ccccc1. The predicted molar refractivity (Wildman–Crippen MR) is 128 cm³/mol. The number of nitrogens with zero attached hydrogens (tertiary/aromatic N) is 1. The second-order valence-electron chi connectivity index (χ2n) is 7.97. The molecule has 4 rings (SSSR count). The Morgan fingerprint density at radius 2 is 1.59 bits per heavy atom. The lowest BCUT2D eigenvalue weighted by Gasteiger charge is -2.32. The molecule has 1 aliphatic heterocycles. The molecule has 0 amide bonds. The van der Waals surface area contributed by atoms with Gasteiger partial charge in [0.15, 0.2) is 11.5 Å². The highest BCUT2D eigenvalue weighted by Gasteiger charge is 2.26. The van der Waals surface area contributed by atoms with Crippen LogP contribution in [-0.4, -0.2) is 45.3 Å². The first-order valence-corrected chi connectivity index (χ1v) is 11.2. The van der Waals surface area contributed by atoms with Crippen molar-refractivity contribution in [3.8, 4) is 17.2 Å². The van der Waals surface area contributed by atoms with E-state index in [1.165, 1.54) is 5.56 Å². The molecule has 3 aromatic carbocycles. The lowest BCUT2D eigenvalue weighted by Crippen LogP contribution is -2.33. The highest BCUT2D eigenvalue weighted by Crippen LogP contribution is 2.39. The number of ether oxygens (including phenoxy) is 3. The molecule has 0 saturated carbocycles. The van der Waals surface area contributed by atoms with Gasteiger partial charge in [0.05, 0.1) is 20.3 Å². The van der Waals surface area contributed by atoms with Crippen LogP contribution in [0.2, 0.25) is 0 Å². The van der Waals surface area contributed by atoms with Crippen molar-refractivity contribution in [3.05, 3.63) is 89.5 Å². The van der Waals surface area contributed by atoms with Gasteiger partial charge in [0, 0.05) is 25.2 Å². The standard InChI is InChI=1S/C27H32N2O3/c1-30-24-12-7-6-11-23(24)27(29-17-8-15-28-16-18-29)22-13-14-25(26(19-22)31-2)32-20-21-9-4-3-5-10-21/h3-7,9-14,19,27-28H,8,15-18,20H2,1-2H3. The van der Waals surface area contributed by atoms with E-state index >= 15 is 0 Å². The van der Waals surface area contributed by atoms with E-state index in [2.05, 4.69) is 46.6 Å². The van der Waals surface area contributed by atoms with Crippen molar-refractivity contribution < 1.29 is 14.2 Å². The fourth-order valence-corrected chi connectivity index (χ4v) is 4.31. The largest absolute Gasteiger partial charge is 0.496 e. The Kier molecular flexibility index (Phi) is 7.64. The molecule has 1 aliphatic rings. The van der Waals surface area contributed by atoms with Crippen molar-refractivity contribution in [1.29, 1.82) is 0 Å². The van der Waals surface area contributed by atoms with Gasteiger partial charge in [-0.2, -0.15) is 0 Å². The summed E-state index contributed by atoms with van der Waals surface area (Å²) in [5, 5.41) is 3.51. The Morgan fingerprint density at radius 3 is 2.41 bits per heavy atom. The normalized spacial score (nSPS) is 15.6. The van der Waals surface area contributed by atoms with E-state index in [9.17, 15) is 0 Å². The van der Waals surface area contributed by atoms with Crippen molar-refractivity contribution in [2.24, 2.45) is 0 Å². The van der Waals surface area contributed by atoms with E-state index in [1.807, 2.05) is 36.4 Å². The Bertz CT molecular complexity index is 985. The van der Waals surface area contributed by atoms with E-state index < -0.39 is 0 Å². The van der Waals surface area contributed by atoms with Crippen LogP contribution in [0.3, 0.4) is 0 Å². The average molecular weight is 433 g/mol. The quantitative estimate of drug-likeness (QED) is 0.560. The van der Waals surface area contributed by atoms with Crippen LogP contribution >= 0.6 is 0 Å². The molecule has 1 fully saturated rings. The van der Waals surface area contributed by atoms with Gasteiger partial charge < -0.3 is 19.5 Å². The van der Waals surface area contributed by atoms with Gasteiger partial charge in [-0.3, -0.25) is 4.90 Å². The van der Waals surface area contributed by atoms with Crippen LogP contribution in [-0.2, 0) is 6.61 Å². The number of para-hydroxylation sites is 1. The summed E-state index contributed by atoms with van der Waals surface area (Å²) >= 11 is 0. The van der Waals surface area contributed by atoms with Gasteiger partial charge >= 0.3 is 0 Å². The first-order valence-electron chi connectivity index (χ1n) is 11.2. The number of benzene rings is 3. The van der Waals surface area contributed by atoms with Crippen molar-refractivity contribution in [1.82, 2.24) is 10.2 Å². The van der Waals surface area contributed by atoms with E-state index in [4.69, 9.17) is 14.2 Å². The first-order chi connectivity index (χ1) is 15.8. The number of rotatable bonds is 8. The molecule has 1 N–H and O–H groups in total. The summed E-state index contributed by atoms with van der Waals surface area (Å²) in [4.78, 5) is 2.52. The zero-order valence-electron chi connectivity index (χ0n) is 18.9. The van der Waals surface area contributed by atoms with Gasteiger partial charge in [0.2, 0.25) is 0 Å². The second-order valence-corrected chi connectivity index (χ2v) is 7.97. The molecule has 1 atom stereocenters. The minimum absolute atomic E-state index is 0.0723. The number of hydrogen-bond acceptors (Lipinski definition) is 5. The fraction of sp³-hybridized carbons (Fsp3) is 0.333. The molecule has 5 heteroatoms. The van der Waals surface area contributed by atoms with E-state index in [-0.39, 0.29) is 6.04 Å². The molecule has 0 aliphatic carbocycles. The van der Waals surface area contributed by atoms with Crippen LogP contribution in [0.1, 0.15) is 29.2 Å². The maximum Gasteiger partial charge on any atom is 0.161 e. The molecule has 0 bridgehead atoms. The van der Waals surface area contributed by atoms with E-state index in [1.54, 1.807) is 14.2 Å². The highest BCUT2D eigenvalue weighted by atomic mass is 16.5. The Labute approximate surface area is 190 Å². The smallest absolute Gasteiger partial charge is 0.161 e. The molecule has 1 heterocycles. The molecule has 0 spiro atoms. The molecule has 168 valence electrons. The molecule has 1 unspecified atom stereocenters. The molecule has 3 aromatic rings. The maximum absolute atomic E-state index is 6.09. The zero-order chi connectivity index (χ0) is 22.2. The van der Waals surface area contributed by atoms with Gasteiger partial charge in [0.1, 0.15) is 12.4 Å². The average Bonchev–Trinajstić information content (AvgIpc) is 3.13. The number of hydrogen-bond donors (Lipinski definition) is 1. The zero-order valence-corrected chi connectivity index (χ0v) is 18.9. The predicted octanol–water partition coefficient (Wildman–Crippen LogP) is 4.67. The molecule has 5 nitrogen and oxygen atoms in total. The summed E-state index contributed by atoms with van der Waals surface area (Å²) in [7, 11) is 3.43. The van der Waals surface area contributed by atoms with Crippen LogP contribution in [0.4, 0.5) is 0 Å². The monoisotopic (exact) mass is 432 g/mol. The summed E-state index contributed by atoms with van der Waals surface area (Å²) in [6.45, 7) is 4.51. The summed E-state index contributed by atoms with van der Waals surface area (Å²) in [6.07, 6.45) is 1.11. The minimum atomic E-state index is 0.0723. The van der Waals surface area contributed by atoms with Crippen molar-refractivity contribution >= 4 is 0 Å². The summed E-state index contributed by atoms with van der Waals surface area (Å²) in [5.41, 5.74) is 3.46. The lowest BCUT2D eigenvalue weighted by atomic mass is 9.95. The van der Waals surface area contributed by atoms with Crippen molar-refractivity contribution in [2.45, 2.75) is 19.1 Å². The third-order valence-electron chi connectivity index (χ3n) is 5.91. The van der Waals surface area contributed by atoms with Crippen molar-refractivity contribution in [3.63, 3.8) is 0 Å². The first kappa shape index (κ1) is 22.2. The molecule has 0 aromatic heterocycles. The van der Waals surface area contributed by atoms with Gasteiger partial charge in [-0.1, -0.05) is 54.6 Å². The Balaban J connectivity index is 1.67. The van der Waals surface area contributed by atoms with E-state index in [0.717, 1.165) is 61.0 Å². The van der Waals surface area contributed by atoms with Crippen LogP contribution in [0.25, 0.3) is 0 Å². The molecule has 1 saturated heterocycles. The third kappa shape index (κ3) is 5.23. The van der Waals surface area contributed by atoms with Crippen LogP contribution in [0.15, 0.2) is 72.8 Å². The summed E-state index contributed by atoms with van der Waals surface area (Å²) in [5.74, 6) is 2.39. The van der Waals surface area contributed by atoms with Crippen LogP contribution in [0.5, 0.6) is 17.2 Å². The van der Waals surface area contributed by atoms with Gasteiger partial charge in [-0.15, -0.1) is 0 Å². The number of nitrogens with one attached hydrogen (secondary N) is 1. The van der Waals surface area contributed by atoms with Crippen LogP contribution in [0, 0.1) is 0 Å². The van der Waals surface area contributed by atoms with Gasteiger partial charge in [0.25, 0.3) is 0 Å². The second kappa shape index (κ2) is 11.0. The lowest BCUT2D eigenvalue weighted by molar-refractivity contribution is 0.235. The topological polar surface area (TPSA) is 43.0 Å². The Hall–Kier alpha value is -3.02. The fourth-order valence-electron chi connectivity index (χ4n) is 4.31. The van der Waals surface area contributed by atoms with Crippen LogP contribution < -0.4 is 19.5 Å². The summed E-state index contributed by atoms with van der Waals surface area (Å²) in [6, 6.07) is 24.8. The molecule has 32 heavy (non-hydrogen) atoms. The molecule has 0 radical (unpaired) electrons. The Morgan fingerprint density at radius 1 is 0.812 bits per heavy atom.